The molecule has 1 amide bonds. The average Bonchev–Trinajstić information content (AvgIpc) is 2.39. The van der Waals surface area contributed by atoms with Gasteiger partial charge >= 0.3 is 6.61 Å². The number of amides is 1. The standard InChI is InChI=1S/C12H16F2N2O3/c1-3-8(15)11(17)16-9-6-7(18-2)4-5-10(9)19-12(13)14/h4-6,8,12H,3,15H2,1-2H3,(H,16,17)/t8-/m0/s1. The van der Waals surface area contributed by atoms with Gasteiger partial charge < -0.3 is 20.5 Å². The summed E-state index contributed by atoms with van der Waals surface area (Å²) in [7, 11) is 1.42. The predicted octanol–water partition coefficient (Wildman–Crippen LogP) is 1.97. The second-order valence-electron chi connectivity index (χ2n) is 3.74. The fraction of sp³-hybridized carbons (Fsp3) is 0.417. The third-order valence-corrected chi connectivity index (χ3v) is 2.44. The zero-order valence-corrected chi connectivity index (χ0v) is 10.7. The Balaban J connectivity index is 2.97. The fourth-order valence-corrected chi connectivity index (χ4v) is 1.34. The number of alkyl halides is 2. The molecule has 1 aromatic carbocycles. The van der Waals surface area contributed by atoms with Gasteiger partial charge in [-0.1, -0.05) is 6.92 Å². The van der Waals surface area contributed by atoms with E-state index in [0.29, 0.717) is 12.2 Å². The van der Waals surface area contributed by atoms with Crippen molar-refractivity contribution in [2.75, 3.05) is 12.4 Å². The highest BCUT2D eigenvalue weighted by molar-refractivity contribution is 5.96. The van der Waals surface area contributed by atoms with Crippen LogP contribution in [0, 0.1) is 0 Å². The maximum absolute atomic E-state index is 12.3. The van der Waals surface area contributed by atoms with Crippen LogP contribution >= 0.6 is 0 Å². The van der Waals surface area contributed by atoms with Crippen LogP contribution < -0.4 is 20.5 Å². The van der Waals surface area contributed by atoms with Gasteiger partial charge in [0.1, 0.15) is 11.5 Å². The molecule has 0 unspecified atom stereocenters. The Morgan fingerprint density at radius 2 is 2.16 bits per heavy atom. The van der Waals surface area contributed by atoms with Crippen molar-refractivity contribution in [1.29, 1.82) is 0 Å². The van der Waals surface area contributed by atoms with Gasteiger partial charge in [-0.25, -0.2) is 0 Å². The Hall–Kier alpha value is -1.89. The molecule has 0 aliphatic heterocycles. The van der Waals surface area contributed by atoms with Crippen molar-refractivity contribution >= 4 is 11.6 Å². The number of anilines is 1. The normalized spacial score (nSPS) is 12.1. The Morgan fingerprint density at radius 3 is 2.68 bits per heavy atom. The molecule has 3 N–H and O–H groups in total. The molecule has 0 bridgehead atoms. The van der Waals surface area contributed by atoms with Crippen molar-refractivity contribution in [3.63, 3.8) is 0 Å². The third-order valence-electron chi connectivity index (χ3n) is 2.44. The molecule has 0 saturated heterocycles. The monoisotopic (exact) mass is 274 g/mol. The molecule has 7 heteroatoms. The summed E-state index contributed by atoms with van der Waals surface area (Å²) in [6.45, 7) is -1.24. The Morgan fingerprint density at radius 1 is 1.47 bits per heavy atom. The van der Waals surface area contributed by atoms with E-state index in [9.17, 15) is 13.6 Å². The lowest BCUT2D eigenvalue weighted by atomic mass is 10.2. The highest BCUT2D eigenvalue weighted by atomic mass is 19.3. The molecule has 0 radical (unpaired) electrons. The first-order valence-electron chi connectivity index (χ1n) is 5.67. The number of nitrogens with two attached hydrogens (primary N) is 1. The number of benzene rings is 1. The summed E-state index contributed by atoms with van der Waals surface area (Å²) in [5.41, 5.74) is 5.65. The van der Waals surface area contributed by atoms with Gasteiger partial charge in [0, 0.05) is 6.07 Å². The molecule has 0 fully saturated rings. The molecule has 19 heavy (non-hydrogen) atoms. The van der Waals surface area contributed by atoms with Crippen LogP contribution in [0.25, 0.3) is 0 Å². The third kappa shape index (κ3) is 4.36. The minimum atomic E-state index is -2.98. The van der Waals surface area contributed by atoms with Crippen molar-refractivity contribution in [3.8, 4) is 11.5 Å². The van der Waals surface area contributed by atoms with E-state index in [1.54, 1.807) is 6.92 Å². The van der Waals surface area contributed by atoms with Crippen molar-refractivity contribution < 1.29 is 23.0 Å². The van der Waals surface area contributed by atoms with Crippen LogP contribution in [-0.4, -0.2) is 25.7 Å². The molecule has 0 aliphatic rings. The zero-order valence-electron chi connectivity index (χ0n) is 10.7. The summed E-state index contributed by atoms with van der Waals surface area (Å²) in [6, 6.07) is 3.41. The molecule has 0 aromatic heterocycles. The van der Waals surface area contributed by atoms with Gasteiger partial charge in [0.15, 0.2) is 0 Å². The largest absolute Gasteiger partial charge is 0.497 e. The lowest BCUT2D eigenvalue weighted by Gasteiger charge is -2.15. The highest BCUT2D eigenvalue weighted by Crippen LogP contribution is 2.30. The van der Waals surface area contributed by atoms with E-state index >= 15 is 0 Å². The van der Waals surface area contributed by atoms with Crippen LogP contribution in [0.1, 0.15) is 13.3 Å². The van der Waals surface area contributed by atoms with E-state index in [1.165, 1.54) is 25.3 Å². The molecular weight excluding hydrogens is 258 g/mol. The summed E-state index contributed by atoms with van der Waals surface area (Å²) >= 11 is 0. The van der Waals surface area contributed by atoms with Crippen molar-refractivity contribution in [1.82, 2.24) is 0 Å². The summed E-state index contributed by atoms with van der Waals surface area (Å²) in [4.78, 5) is 11.7. The summed E-state index contributed by atoms with van der Waals surface area (Å²) < 4.78 is 33.8. The van der Waals surface area contributed by atoms with Crippen LogP contribution in [0.3, 0.4) is 0 Å². The minimum absolute atomic E-state index is 0.0913. The van der Waals surface area contributed by atoms with Crippen LogP contribution in [0.5, 0.6) is 11.5 Å². The number of carbonyl (C=O) groups is 1. The number of hydrogen-bond acceptors (Lipinski definition) is 4. The van der Waals surface area contributed by atoms with Gasteiger partial charge in [0.25, 0.3) is 0 Å². The quantitative estimate of drug-likeness (QED) is 0.831. The number of rotatable bonds is 6. The first kappa shape index (κ1) is 15.2. The van der Waals surface area contributed by atoms with E-state index in [0.717, 1.165) is 0 Å². The topological polar surface area (TPSA) is 73.6 Å². The van der Waals surface area contributed by atoms with Crippen LogP contribution in [0.15, 0.2) is 18.2 Å². The van der Waals surface area contributed by atoms with Crippen molar-refractivity contribution in [2.45, 2.75) is 26.0 Å². The SMILES string of the molecule is CC[C@H](N)C(=O)Nc1cc(OC)ccc1OC(F)F. The summed E-state index contributed by atoms with van der Waals surface area (Å²) in [5.74, 6) is -0.218. The minimum Gasteiger partial charge on any atom is -0.497 e. The molecule has 1 atom stereocenters. The molecule has 1 aromatic rings. The molecule has 0 heterocycles. The van der Waals surface area contributed by atoms with Crippen molar-refractivity contribution in [2.24, 2.45) is 5.73 Å². The van der Waals surface area contributed by atoms with Gasteiger partial charge in [-0.3, -0.25) is 4.79 Å². The maximum Gasteiger partial charge on any atom is 0.387 e. The van der Waals surface area contributed by atoms with Gasteiger partial charge in [0.2, 0.25) is 5.91 Å². The van der Waals surface area contributed by atoms with Crippen LogP contribution in [0.4, 0.5) is 14.5 Å². The number of ether oxygens (including phenoxy) is 2. The molecular formula is C12H16F2N2O3. The van der Waals surface area contributed by atoms with E-state index in [4.69, 9.17) is 10.5 Å². The van der Waals surface area contributed by atoms with Gasteiger partial charge in [-0.05, 0) is 18.6 Å². The van der Waals surface area contributed by atoms with Crippen LogP contribution in [0.2, 0.25) is 0 Å². The lowest BCUT2D eigenvalue weighted by Crippen LogP contribution is -2.35. The average molecular weight is 274 g/mol. The molecule has 5 nitrogen and oxygen atoms in total. The molecule has 1 rings (SSSR count). The Bertz CT molecular complexity index is 441. The van der Waals surface area contributed by atoms with Crippen molar-refractivity contribution in [3.05, 3.63) is 18.2 Å². The predicted molar refractivity (Wildman–Crippen MR) is 66.5 cm³/mol. The molecule has 0 saturated carbocycles. The molecule has 106 valence electrons. The summed E-state index contributed by atoms with van der Waals surface area (Å²) in [5, 5.41) is 2.44. The van der Waals surface area contributed by atoms with E-state index in [1.807, 2.05) is 0 Å². The van der Waals surface area contributed by atoms with E-state index in [-0.39, 0.29) is 11.4 Å². The fourth-order valence-electron chi connectivity index (χ4n) is 1.34. The van der Waals surface area contributed by atoms with E-state index < -0.39 is 18.6 Å². The molecule has 0 aliphatic carbocycles. The maximum atomic E-state index is 12.3. The number of methoxy groups -OCH3 is 1. The second-order valence-corrected chi connectivity index (χ2v) is 3.74. The van der Waals surface area contributed by atoms with Crippen LogP contribution in [-0.2, 0) is 4.79 Å². The van der Waals surface area contributed by atoms with Gasteiger partial charge in [0.05, 0.1) is 18.8 Å². The highest BCUT2D eigenvalue weighted by Gasteiger charge is 2.16. The second kappa shape index (κ2) is 6.89. The number of carbonyl (C=O) groups excluding carboxylic acids is 1. The lowest BCUT2D eigenvalue weighted by molar-refractivity contribution is -0.117. The Labute approximate surface area is 109 Å². The Kier molecular flexibility index (Phi) is 5.50. The zero-order chi connectivity index (χ0) is 14.4. The smallest absolute Gasteiger partial charge is 0.387 e. The summed E-state index contributed by atoms with van der Waals surface area (Å²) in [6.07, 6.45) is 0.431. The number of halogens is 2. The van der Waals surface area contributed by atoms with Gasteiger partial charge in [-0.15, -0.1) is 0 Å². The first-order chi connectivity index (χ1) is 8.97. The number of hydrogen-bond donors (Lipinski definition) is 2. The first-order valence-corrected chi connectivity index (χ1v) is 5.67. The molecule has 0 spiro atoms. The van der Waals surface area contributed by atoms with E-state index in [2.05, 4.69) is 10.1 Å². The number of nitrogens with one attached hydrogen (secondary N) is 1. The van der Waals surface area contributed by atoms with Gasteiger partial charge in [-0.2, -0.15) is 8.78 Å².